The molecule has 0 bridgehead atoms. The van der Waals surface area contributed by atoms with Gasteiger partial charge in [-0.15, -0.1) is 11.8 Å². The Morgan fingerprint density at radius 1 is 1.24 bits per heavy atom. The zero-order valence-corrected chi connectivity index (χ0v) is 11.5. The highest BCUT2D eigenvalue weighted by Gasteiger charge is 2.19. The SMILES string of the molecule is CC(N)Cc1cc(F)c(SC(C)(C)C)c(F)c1. The minimum absolute atomic E-state index is 0.0888. The van der Waals surface area contributed by atoms with Crippen LogP contribution in [0, 0.1) is 11.6 Å². The number of benzene rings is 1. The van der Waals surface area contributed by atoms with Gasteiger partial charge in [0.2, 0.25) is 0 Å². The molecule has 1 aromatic rings. The van der Waals surface area contributed by atoms with Crippen molar-refractivity contribution in [3.63, 3.8) is 0 Å². The first-order valence-electron chi connectivity index (χ1n) is 5.61. The van der Waals surface area contributed by atoms with Crippen molar-refractivity contribution in [2.45, 2.75) is 49.8 Å². The van der Waals surface area contributed by atoms with Gasteiger partial charge in [-0.1, -0.05) is 20.8 Å². The maximum atomic E-state index is 13.8. The highest BCUT2D eigenvalue weighted by Crippen LogP contribution is 2.35. The Labute approximate surface area is 106 Å². The summed E-state index contributed by atoms with van der Waals surface area (Å²) in [5.74, 6) is -0.999. The van der Waals surface area contributed by atoms with Crippen LogP contribution in [0.15, 0.2) is 17.0 Å². The molecule has 0 saturated heterocycles. The monoisotopic (exact) mass is 259 g/mol. The average Bonchev–Trinajstić information content (AvgIpc) is 2.08. The van der Waals surface area contributed by atoms with Gasteiger partial charge in [0.15, 0.2) is 0 Å². The molecule has 0 aromatic heterocycles. The standard InChI is InChI=1S/C13H19F2NS/c1-8(16)5-9-6-10(14)12(11(15)7-9)17-13(2,3)4/h6-8H,5,16H2,1-4H3. The number of hydrogen-bond donors (Lipinski definition) is 1. The lowest BCUT2D eigenvalue weighted by Crippen LogP contribution is -2.18. The minimum Gasteiger partial charge on any atom is -0.328 e. The summed E-state index contributed by atoms with van der Waals surface area (Å²) in [6, 6.07) is 2.65. The lowest BCUT2D eigenvalue weighted by Gasteiger charge is -2.19. The number of hydrogen-bond acceptors (Lipinski definition) is 2. The summed E-state index contributed by atoms with van der Waals surface area (Å²) in [6.45, 7) is 7.58. The first-order chi connectivity index (χ1) is 7.69. The van der Waals surface area contributed by atoms with E-state index < -0.39 is 11.6 Å². The van der Waals surface area contributed by atoms with Crippen molar-refractivity contribution in [3.8, 4) is 0 Å². The predicted octanol–water partition coefficient (Wildman–Crippen LogP) is 3.75. The zero-order chi connectivity index (χ0) is 13.2. The topological polar surface area (TPSA) is 26.0 Å². The smallest absolute Gasteiger partial charge is 0.140 e. The summed E-state index contributed by atoms with van der Waals surface area (Å²) in [5, 5.41) is 0. The number of thioether (sulfide) groups is 1. The molecular weight excluding hydrogens is 240 g/mol. The van der Waals surface area contributed by atoms with Crippen molar-refractivity contribution in [2.75, 3.05) is 0 Å². The molecule has 1 aromatic carbocycles. The third kappa shape index (κ3) is 4.64. The Morgan fingerprint density at radius 2 is 1.71 bits per heavy atom. The molecule has 1 nitrogen and oxygen atoms in total. The fourth-order valence-corrected chi connectivity index (χ4v) is 2.43. The van der Waals surface area contributed by atoms with E-state index in [9.17, 15) is 8.78 Å². The normalized spacial score (nSPS) is 13.8. The maximum absolute atomic E-state index is 13.8. The second-order valence-electron chi connectivity index (χ2n) is 5.28. The van der Waals surface area contributed by atoms with Crippen molar-refractivity contribution < 1.29 is 8.78 Å². The summed E-state index contributed by atoms with van der Waals surface area (Å²) in [5.41, 5.74) is 6.22. The molecule has 0 aliphatic heterocycles. The summed E-state index contributed by atoms with van der Waals surface area (Å²) in [6.07, 6.45) is 0.480. The van der Waals surface area contributed by atoms with Gasteiger partial charge < -0.3 is 5.73 Å². The molecule has 1 atom stereocenters. The first-order valence-corrected chi connectivity index (χ1v) is 6.43. The van der Waals surface area contributed by atoms with E-state index in [0.29, 0.717) is 12.0 Å². The van der Waals surface area contributed by atoms with Gasteiger partial charge in [-0.3, -0.25) is 0 Å². The van der Waals surface area contributed by atoms with Gasteiger partial charge in [0.25, 0.3) is 0 Å². The molecule has 1 unspecified atom stereocenters. The van der Waals surface area contributed by atoms with Crippen LogP contribution in [0.2, 0.25) is 0 Å². The largest absolute Gasteiger partial charge is 0.328 e. The van der Waals surface area contributed by atoms with Crippen molar-refractivity contribution >= 4 is 11.8 Å². The zero-order valence-electron chi connectivity index (χ0n) is 10.7. The fraction of sp³-hybridized carbons (Fsp3) is 0.538. The van der Waals surface area contributed by atoms with Crippen LogP contribution < -0.4 is 5.73 Å². The third-order valence-corrected chi connectivity index (χ3v) is 3.23. The van der Waals surface area contributed by atoms with Gasteiger partial charge in [-0.2, -0.15) is 0 Å². The van der Waals surface area contributed by atoms with E-state index in [2.05, 4.69) is 0 Å². The van der Waals surface area contributed by atoms with Crippen LogP contribution in [-0.2, 0) is 6.42 Å². The van der Waals surface area contributed by atoms with E-state index in [1.165, 1.54) is 23.9 Å². The Hall–Kier alpha value is -0.610. The van der Waals surface area contributed by atoms with Crippen molar-refractivity contribution in [3.05, 3.63) is 29.3 Å². The maximum Gasteiger partial charge on any atom is 0.140 e. The van der Waals surface area contributed by atoms with Crippen LogP contribution in [0.4, 0.5) is 8.78 Å². The first kappa shape index (κ1) is 14.5. The Bertz CT molecular complexity index is 374. The van der Waals surface area contributed by atoms with E-state index in [1.807, 2.05) is 27.7 Å². The molecule has 0 fully saturated rings. The molecule has 0 radical (unpaired) electrons. The number of halogens is 2. The third-order valence-electron chi connectivity index (χ3n) is 2.02. The second-order valence-corrected chi connectivity index (χ2v) is 7.12. The van der Waals surface area contributed by atoms with E-state index in [4.69, 9.17) is 5.73 Å². The Morgan fingerprint density at radius 3 is 2.06 bits per heavy atom. The van der Waals surface area contributed by atoms with Gasteiger partial charge in [0, 0.05) is 10.8 Å². The quantitative estimate of drug-likeness (QED) is 0.837. The minimum atomic E-state index is -0.499. The highest BCUT2D eigenvalue weighted by atomic mass is 32.2. The molecule has 17 heavy (non-hydrogen) atoms. The molecule has 0 saturated carbocycles. The second kappa shape index (κ2) is 5.36. The van der Waals surface area contributed by atoms with E-state index >= 15 is 0 Å². The van der Waals surface area contributed by atoms with Crippen LogP contribution >= 0.6 is 11.8 Å². The summed E-state index contributed by atoms with van der Waals surface area (Å²) < 4.78 is 27.4. The molecule has 0 spiro atoms. The molecule has 0 aliphatic carbocycles. The average molecular weight is 259 g/mol. The van der Waals surface area contributed by atoms with Gasteiger partial charge >= 0.3 is 0 Å². The lowest BCUT2D eigenvalue weighted by atomic mass is 10.1. The van der Waals surface area contributed by atoms with Crippen molar-refractivity contribution in [1.82, 2.24) is 0 Å². The van der Waals surface area contributed by atoms with E-state index in [0.717, 1.165) is 0 Å². The van der Waals surface area contributed by atoms with Gasteiger partial charge in [-0.05, 0) is 31.0 Å². The molecule has 0 heterocycles. The van der Waals surface area contributed by atoms with Gasteiger partial charge in [0.05, 0.1) is 4.90 Å². The summed E-state index contributed by atoms with van der Waals surface area (Å²) in [7, 11) is 0. The van der Waals surface area contributed by atoms with Crippen molar-refractivity contribution in [1.29, 1.82) is 0 Å². The fourth-order valence-electron chi connectivity index (χ4n) is 1.51. The molecule has 96 valence electrons. The molecule has 0 aliphatic rings. The van der Waals surface area contributed by atoms with E-state index in [1.54, 1.807) is 0 Å². The summed E-state index contributed by atoms with van der Waals surface area (Å²) >= 11 is 1.20. The van der Waals surface area contributed by atoms with Crippen LogP contribution in [0.25, 0.3) is 0 Å². The van der Waals surface area contributed by atoms with Crippen LogP contribution in [0.1, 0.15) is 33.3 Å². The molecule has 4 heteroatoms. The molecule has 0 amide bonds. The molecular formula is C13H19F2NS. The Kier molecular flexibility index (Phi) is 4.55. The lowest BCUT2D eigenvalue weighted by molar-refractivity contribution is 0.533. The van der Waals surface area contributed by atoms with Crippen LogP contribution in [0.3, 0.4) is 0 Å². The highest BCUT2D eigenvalue weighted by molar-refractivity contribution is 8.00. The summed E-state index contributed by atoms with van der Waals surface area (Å²) in [4.78, 5) is 0.0888. The van der Waals surface area contributed by atoms with Gasteiger partial charge in [-0.25, -0.2) is 8.78 Å². The van der Waals surface area contributed by atoms with Crippen molar-refractivity contribution in [2.24, 2.45) is 5.73 Å². The number of rotatable bonds is 3. The molecule has 1 rings (SSSR count). The van der Waals surface area contributed by atoms with Crippen LogP contribution in [0.5, 0.6) is 0 Å². The van der Waals surface area contributed by atoms with Crippen LogP contribution in [-0.4, -0.2) is 10.8 Å². The predicted molar refractivity (Wildman–Crippen MR) is 69.3 cm³/mol. The van der Waals surface area contributed by atoms with Gasteiger partial charge in [0.1, 0.15) is 11.6 Å². The Balaban J connectivity index is 3.02. The van der Waals surface area contributed by atoms with E-state index in [-0.39, 0.29) is 15.7 Å². The number of nitrogens with two attached hydrogens (primary N) is 1. The molecule has 2 N–H and O–H groups in total.